The number of fused-ring (bicyclic) bond motifs is 1. The van der Waals surface area contributed by atoms with Gasteiger partial charge in [-0.2, -0.15) is 0 Å². The lowest BCUT2D eigenvalue weighted by Gasteiger charge is -2.04. The van der Waals surface area contributed by atoms with Crippen LogP contribution in [0.15, 0.2) is 28.4 Å². The van der Waals surface area contributed by atoms with Gasteiger partial charge in [-0.15, -0.1) is 10.2 Å². The lowest BCUT2D eigenvalue weighted by molar-refractivity contribution is 0.0523. The summed E-state index contributed by atoms with van der Waals surface area (Å²) in [5, 5.41) is 7.04. The van der Waals surface area contributed by atoms with Gasteiger partial charge in [0.15, 0.2) is 0 Å². The Balaban J connectivity index is 2.47. The van der Waals surface area contributed by atoms with Crippen LogP contribution in [0, 0.1) is 0 Å². The number of esters is 1. The average molecular weight is 204 g/mol. The fourth-order valence-corrected chi connectivity index (χ4v) is 1.38. The van der Waals surface area contributed by atoms with Gasteiger partial charge in [-0.25, -0.2) is 4.79 Å². The summed E-state index contributed by atoms with van der Waals surface area (Å²) in [6, 6.07) is 4.81. The van der Waals surface area contributed by atoms with Gasteiger partial charge >= 0.3 is 5.97 Å². The molecule has 0 N–H and O–H groups in total. The Hall–Kier alpha value is -2.04. The van der Waals surface area contributed by atoms with Gasteiger partial charge in [0, 0.05) is 0 Å². The molecule has 5 nitrogen and oxygen atoms in total. The Morgan fingerprint density at radius 3 is 2.93 bits per heavy atom. The Kier molecular flexibility index (Phi) is 2.29. The first-order valence-corrected chi connectivity index (χ1v) is 4.50. The summed E-state index contributed by atoms with van der Waals surface area (Å²) in [5.74, 6) is -1.01. The number of carbonyl (C=O) groups is 2. The lowest BCUT2D eigenvalue weighted by atomic mass is 10.1. The van der Waals surface area contributed by atoms with Crippen molar-refractivity contribution in [3.05, 3.63) is 29.3 Å². The monoisotopic (exact) mass is 204 g/mol. The highest BCUT2D eigenvalue weighted by Gasteiger charge is 2.25. The molecule has 0 radical (unpaired) electrons. The summed E-state index contributed by atoms with van der Waals surface area (Å²) in [5.41, 5.74) is 0.880. The maximum absolute atomic E-state index is 11.5. The molecule has 0 bridgehead atoms. The van der Waals surface area contributed by atoms with E-state index in [1.807, 2.05) is 0 Å². The molecule has 1 aromatic carbocycles. The van der Waals surface area contributed by atoms with Crippen molar-refractivity contribution in [3.63, 3.8) is 0 Å². The van der Waals surface area contributed by atoms with Gasteiger partial charge in [0.25, 0.3) is 5.91 Å². The van der Waals surface area contributed by atoms with Crippen molar-refractivity contribution in [3.8, 4) is 0 Å². The van der Waals surface area contributed by atoms with Crippen LogP contribution in [0.3, 0.4) is 0 Å². The molecule has 0 saturated carbocycles. The van der Waals surface area contributed by atoms with Gasteiger partial charge in [0.1, 0.15) is 0 Å². The van der Waals surface area contributed by atoms with Gasteiger partial charge < -0.3 is 4.74 Å². The van der Waals surface area contributed by atoms with Crippen LogP contribution in [0.4, 0.5) is 5.69 Å². The van der Waals surface area contributed by atoms with Crippen molar-refractivity contribution in [1.29, 1.82) is 0 Å². The number of amides is 1. The molecular weight excluding hydrogens is 196 g/mol. The van der Waals surface area contributed by atoms with E-state index in [4.69, 9.17) is 4.74 Å². The molecular formula is C10H8N2O3. The number of nitrogens with zero attached hydrogens (tertiary/aromatic N) is 2. The number of carbonyl (C=O) groups excluding carboxylic acids is 2. The summed E-state index contributed by atoms with van der Waals surface area (Å²) in [6.07, 6.45) is 0. The van der Waals surface area contributed by atoms with E-state index in [-0.39, 0.29) is 17.7 Å². The van der Waals surface area contributed by atoms with Gasteiger partial charge in [-0.1, -0.05) is 6.07 Å². The largest absolute Gasteiger partial charge is 0.462 e. The van der Waals surface area contributed by atoms with Crippen LogP contribution >= 0.6 is 0 Å². The number of rotatable bonds is 2. The van der Waals surface area contributed by atoms with E-state index in [1.165, 1.54) is 6.07 Å². The average Bonchev–Trinajstić information content (AvgIpc) is 2.61. The minimum atomic E-state index is -0.519. The van der Waals surface area contributed by atoms with E-state index < -0.39 is 11.9 Å². The van der Waals surface area contributed by atoms with Crippen LogP contribution in [-0.2, 0) is 4.74 Å². The molecule has 0 unspecified atom stereocenters. The van der Waals surface area contributed by atoms with Crippen LogP contribution in [0.5, 0.6) is 0 Å². The predicted octanol–water partition coefficient (Wildman–Crippen LogP) is 2.10. The van der Waals surface area contributed by atoms with Gasteiger partial charge in [-0.3, -0.25) is 4.79 Å². The van der Waals surface area contributed by atoms with E-state index in [1.54, 1.807) is 19.1 Å². The number of benzene rings is 1. The Morgan fingerprint density at radius 1 is 1.40 bits per heavy atom. The standard InChI is InChI=1S/C10H8N2O3/c1-2-15-10(14)6-4-3-5-7-8(6)9(13)12-11-7/h3-5H,2H2,1H3. The Labute approximate surface area is 85.8 Å². The molecule has 0 spiro atoms. The van der Waals surface area contributed by atoms with Crippen LogP contribution in [0.1, 0.15) is 27.6 Å². The first kappa shape index (κ1) is 9.51. The van der Waals surface area contributed by atoms with E-state index in [0.717, 1.165) is 0 Å². The fraction of sp³-hybridized carbons (Fsp3) is 0.200. The first-order valence-electron chi connectivity index (χ1n) is 4.50. The molecule has 76 valence electrons. The Morgan fingerprint density at radius 2 is 2.20 bits per heavy atom. The molecule has 15 heavy (non-hydrogen) atoms. The minimum absolute atomic E-state index is 0.226. The van der Waals surface area contributed by atoms with Crippen LogP contribution in [0.2, 0.25) is 0 Å². The number of ether oxygens (including phenoxy) is 1. The highest BCUT2D eigenvalue weighted by atomic mass is 16.5. The number of azo groups is 1. The second kappa shape index (κ2) is 3.61. The maximum Gasteiger partial charge on any atom is 0.339 e. The second-order valence-electron chi connectivity index (χ2n) is 2.93. The van der Waals surface area contributed by atoms with Crippen molar-refractivity contribution < 1.29 is 14.3 Å². The SMILES string of the molecule is CCOC(=O)c1cccc2c1C(=O)N=N2. The van der Waals surface area contributed by atoms with Crippen molar-refractivity contribution in [2.45, 2.75) is 6.92 Å². The molecule has 1 aromatic rings. The van der Waals surface area contributed by atoms with Crippen LogP contribution in [-0.4, -0.2) is 18.5 Å². The zero-order chi connectivity index (χ0) is 10.8. The number of hydrogen-bond donors (Lipinski definition) is 0. The highest BCUT2D eigenvalue weighted by Crippen LogP contribution is 2.29. The van der Waals surface area contributed by atoms with E-state index in [9.17, 15) is 9.59 Å². The zero-order valence-electron chi connectivity index (χ0n) is 8.06. The van der Waals surface area contributed by atoms with Crippen molar-refractivity contribution >= 4 is 17.6 Å². The quantitative estimate of drug-likeness (QED) is 0.692. The fourth-order valence-electron chi connectivity index (χ4n) is 1.38. The van der Waals surface area contributed by atoms with Crippen LogP contribution < -0.4 is 0 Å². The molecule has 1 amide bonds. The summed E-state index contributed by atoms with van der Waals surface area (Å²) in [6.45, 7) is 1.97. The van der Waals surface area contributed by atoms with E-state index >= 15 is 0 Å². The van der Waals surface area contributed by atoms with E-state index in [2.05, 4.69) is 10.2 Å². The summed E-state index contributed by atoms with van der Waals surface area (Å²) < 4.78 is 4.83. The minimum Gasteiger partial charge on any atom is -0.462 e. The summed E-state index contributed by atoms with van der Waals surface area (Å²) in [4.78, 5) is 22.8. The highest BCUT2D eigenvalue weighted by molar-refractivity contribution is 6.10. The molecule has 0 fully saturated rings. The van der Waals surface area contributed by atoms with E-state index in [0.29, 0.717) is 5.69 Å². The molecule has 0 saturated heterocycles. The van der Waals surface area contributed by atoms with Gasteiger partial charge in [-0.05, 0) is 19.1 Å². The maximum atomic E-state index is 11.5. The molecule has 1 heterocycles. The lowest BCUT2D eigenvalue weighted by Crippen LogP contribution is -2.09. The topological polar surface area (TPSA) is 68.1 Å². The molecule has 5 heteroatoms. The second-order valence-corrected chi connectivity index (χ2v) is 2.93. The van der Waals surface area contributed by atoms with Crippen molar-refractivity contribution in [1.82, 2.24) is 0 Å². The number of hydrogen-bond acceptors (Lipinski definition) is 4. The van der Waals surface area contributed by atoms with Crippen LogP contribution in [0.25, 0.3) is 0 Å². The molecule has 0 aliphatic carbocycles. The van der Waals surface area contributed by atoms with Gasteiger partial charge in [0.05, 0.1) is 23.4 Å². The van der Waals surface area contributed by atoms with Crippen molar-refractivity contribution in [2.75, 3.05) is 6.61 Å². The Bertz CT molecular complexity index is 466. The zero-order valence-corrected chi connectivity index (χ0v) is 8.06. The summed E-state index contributed by atoms with van der Waals surface area (Å²) in [7, 11) is 0. The molecule has 1 aliphatic rings. The van der Waals surface area contributed by atoms with Gasteiger partial charge in [0.2, 0.25) is 0 Å². The molecule has 2 rings (SSSR count). The van der Waals surface area contributed by atoms with Crippen molar-refractivity contribution in [2.24, 2.45) is 10.2 Å². The first-order chi connectivity index (χ1) is 7.24. The normalized spacial score (nSPS) is 12.7. The smallest absolute Gasteiger partial charge is 0.339 e. The third-order valence-electron chi connectivity index (χ3n) is 2.00. The summed E-state index contributed by atoms with van der Waals surface area (Å²) >= 11 is 0. The molecule has 0 aromatic heterocycles. The third kappa shape index (κ3) is 1.52. The predicted molar refractivity (Wildman–Crippen MR) is 51.2 cm³/mol. The molecule has 1 aliphatic heterocycles. The third-order valence-corrected chi connectivity index (χ3v) is 2.00. The molecule has 0 atom stereocenters.